The molecule has 3 atom stereocenters. The summed E-state index contributed by atoms with van der Waals surface area (Å²) < 4.78 is 0. The van der Waals surface area contributed by atoms with Gasteiger partial charge in [0.15, 0.2) is 0 Å². The number of carbonyl (C=O) groups is 1. The molecule has 0 unspecified atom stereocenters. The molecule has 152 valence electrons. The minimum atomic E-state index is -0.305. The fourth-order valence-electron chi connectivity index (χ4n) is 5.07. The highest BCUT2D eigenvalue weighted by Gasteiger charge is 2.36. The zero-order valence-corrected chi connectivity index (χ0v) is 17.3. The zero-order valence-electron chi connectivity index (χ0n) is 17.3. The lowest BCUT2D eigenvalue weighted by molar-refractivity contribution is -0.118. The highest BCUT2D eigenvalue weighted by Crippen LogP contribution is 2.44. The Bertz CT molecular complexity index is 1240. The lowest BCUT2D eigenvalue weighted by Gasteiger charge is -2.18. The SMILES string of the molecule is Cc1ccc(-c2nn(NC(=O)C[C@@H]3C[C@H]4C=C[C@H]3C4)c(=O)c3ccccc23)c(C)c1. The van der Waals surface area contributed by atoms with Crippen LogP contribution >= 0.6 is 0 Å². The number of allylic oxidation sites excluding steroid dienone is 2. The molecular weight excluding hydrogens is 374 g/mol. The van der Waals surface area contributed by atoms with Crippen molar-refractivity contribution in [2.24, 2.45) is 17.8 Å². The standard InChI is InChI=1S/C25H25N3O2/c1-15-7-10-20(16(2)11-15)24-21-5-3-4-6-22(21)25(30)28(27-24)26-23(29)14-19-13-17-8-9-18(19)12-17/h3-11,17-19H,12-14H2,1-2H3,(H,26,29)/t17-,18-,19-/m0/s1. The Hall–Kier alpha value is -3.21. The number of amides is 1. The molecule has 1 fully saturated rings. The largest absolute Gasteiger partial charge is 0.294 e. The van der Waals surface area contributed by atoms with Crippen LogP contribution in [0.4, 0.5) is 0 Å². The van der Waals surface area contributed by atoms with Crippen LogP contribution in [0.15, 0.2) is 59.4 Å². The second-order valence-electron chi connectivity index (χ2n) is 8.71. The van der Waals surface area contributed by atoms with Gasteiger partial charge in [-0.1, -0.05) is 54.1 Å². The van der Waals surface area contributed by atoms with E-state index >= 15 is 0 Å². The van der Waals surface area contributed by atoms with Crippen molar-refractivity contribution in [2.45, 2.75) is 33.1 Å². The van der Waals surface area contributed by atoms with Gasteiger partial charge in [-0.15, -0.1) is 9.89 Å². The second kappa shape index (κ2) is 7.24. The molecule has 1 N–H and O–H groups in total. The smallest absolute Gasteiger partial charge is 0.273 e. The van der Waals surface area contributed by atoms with Gasteiger partial charge in [0.05, 0.1) is 5.39 Å². The first-order chi connectivity index (χ1) is 14.5. The number of nitrogens with one attached hydrogen (secondary N) is 1. The van der Waals surface area contributed by atoms with Gasteiger partial charge in [0.1, 0.15) is 5.69 Å². The molecule has 2 aromatic carbocycles. The van der Waals surface area contributed by atoms with E-state index in [4.69, 9.17) is 0 Å². The van der Waals surface area contributed by atoms with Gasteiger partial charge in [0, 0.05) is 17.4 Å². The maximum Gasteiger partial charge on any atom is 0.294 e. The molecule has 5 heteroatoms. The van der Waals surface area contributed by atoms with E-state index in [-0.39, 0.29) is 11.5 Å². The average molecular weight is 399 g/mol. The summed E-state index contributed by atoms with van der Waals surface area (Å²) in [5, 5.41) is 5.92. The molecule has 0 radical (unpaired) electrons. The summed E-state index contributed by atoms with van der Waals surface area (Å²) in [6.07, 6.45) is 7.15. The Labute approximate surface area is 175 Å². The molecule has 1 heterocycles. The third-order valence-corrected chi connectivity index (χ3v) is 6.54. The van der Waals surface area contributed by atoms with E-state index in [1.807, 2.05) is 44.2 Å². The number of aromatic nitrogens is 2. The topological polar surface area (TPSA) is 64.0 Å². The molecule has 2 aliphatic carbocycles. The van der Waals surface area contributed by atoms with Crippen molar-refractivity contribution >= 4 is 16.7 Å². The predicted octanol–water partition coefficient (Wildman–Crippen LogP) is 4.35. The van der Waals surface area contributed by atoms with Gasteiger partial charge in [-0.3, -0.25) is 9.59 Å². The maximum atomic E-state index is 13.0. The molecule has 0 spiro atoms. The van der Waals surface area contributed by atoms with Gasteiger partial charge in [0.25, 0.3) is 5.56 Å². The van der Waals surface area contributed by atoms with Crippen LogP contribution in [0.1, 0.15) is 30.4 Å². The van der Waals surface area contributed by atoms with Crippen LogP contribution in [0.5, 0.6) is 0 Å². The Balaban J connectivity index is 1.52. The molecule has 1 saturated carbocycles. The third-order valence-electron chi connectivity index (χ3n) is 6.54. The Morgan fingerprint density at radius 3 is 2.60 bits per heavy atom. The number of hydrogen-bond donors (Lipinski definition) is 1. The van der Waals surface area contributed by atoms with Gasteiger partial charge in [-0.25, -0.2) is 5.43 Å². The van der Waals surface area contributed by atoms with Crippen molar-refractivity contribution in [3.63, 3.8) is 0 Å². The number of aryl methyl sites for hydroxylation is 2. The number of nitrogens with zero attached hydrogens (tertiary/aromatic N) is 2. The van der Waals surface area contributed by atoms with Crippen LogP contribution in [0.3, 0.4) is 0 Å². The number of fused-ring (bicyclic) bond motifs is 3. The Morgan fingerprint density at radius 2 is 1.90 bits per heavy atom. The Morgan fingerprint density at radius 1 is 1.10 bits per heavy atom. The second-order valence-corrected chi connectivity index (χ2v) is 8.71. The maximum absolute atomic E-state index is 13.0. The fraction of sp³-hybridized carbons (Fsp3) is 0.320. The molecule has 3 aromatic rings. The first kappa shape index (κ1) is 18.8. The molecule has 1 amide bonds. The lowest BCUT2D eigenvalue weighted by Crippen LogP contribution is -2.36. The summed E-state index contributed by atoms with van der Waals surface area (Å²) in [6, 6.07) is 13.6. The van der Waals surface area contributed by atoms with E-state index in [2.05, 4.69) is 28.7 Å². The Kier molecular flexibility index (Phi) is 4.54. The van der Waals surface area contributed by atoms with E-state index in [1.54, 1.807) is 6.07 Å². The molecular formula is C25H25N3O2. The number of carbonyl (C=O) groups excluding carboxylic acids is 1. The zero-order chi connectivity index (χ0) is 20.8. The third kappa shape index (κ3) is 3.24. The van der Waals surface area contributed by atoms with E-state index in [1.165, 1.54) is 5.56 Å². The quantitative estimate of drug-likeness (QED) is 0.663. The van der Waals surface area contributed by atoms with Crippen LogP contribution in [0, 0.1) is 31.6 Å². The number of benzene rings is 2. The van der Waals surface area contributed by atoms with Crippen molar-refractivity contribution in [3.8, 4) is 11.3 Å². The molecule has 2 aliphatic rings. The highest BCUT2D eigenvalue weighted by atomic mass is 16.2. The predicted molar refractivity (Wildman–Crippen MR) is 119 cm³/mol. The minimum Gasteiger partial charge on any atom is -0.273 e. The van der Waals surface area contributed by atoms with E-state index in [0.717, 1.165) is 34.1 Å². The van der Waals surface area contributed by atoms with Crippen LogP contribution in [0.25, 0.3) is 22.0 Å². The van der Waals surface area contributed by atoms with Crippen molar-refractivity contribution in [1.82, 2.24) is 9.89 Å². The summed E-state index contributed by atoms with van der Waals surface area (Å²) in [5.74, 6) is 1.31. The van der Waals surface area contributed by atoms with Gasteiger partial charge in [-0.05, 0) is 56.1 Å². The molecule has 0 saturated heterocycles. The summed E-state index contributed by atoms with van der Waals surface area (Å²) in [4.78, 5) is 26.9. The molecule has 5 rings (SSSR count). The molecule has 2 bridgehead atoms. The van der Waals surface area contributed by atoms with Crippen molar-refractivity contribution < 1.29 is 4.79 Å². The van der Waals surface area contributed by atoms with Crippen molar-refractivity contribution in [2.75, 3.05) is 5.43 Å². The normalized spacial score (nSPS) is 22.0. The van der Waals surface area contributed by atoms with Gasteiger partial charge in [0.2, 0.25) is 5.91 Å². The lowest BCUT2D eigenvalue weighted by atomic mass is 9.90. The van der Waals surface area contributed by atoms with Crippen LogP contribution in [-0.2, 0) is 4.79 Å². The van der Waals surface area contributed by atoms with Crippen molar-refractivity contribution in [3.05, 3.63) is 76.1 Å². The summed E-state index contributed by atoms with van der Waals surface area (Å²) >= 11 is 0. The highest BCUT2D eigenvalue weighted by molar-refractivity contribution is 5.95. The van der Waals surface area contributed by atoms with Crippen molar-refractivity contribution in [1.29, 1.82) is 0 Å². The molecule has 30 heavy (non-hydrogen) atoms. The minimum absolute atomic E-state index is 0.155. The molecule has 1 aromatic heterocycles. The number of rotatable bonds is 4. The van der Waals surface area contributed by atoms with Crippen LogP contribution in [0.2, 0.25) is 0 Å². The van der Waals surface area contributed by atoms with E-state index < -0.39 is 0 Å². The monoisotopic (exact) mass is 399 g/mol. The number of hydrogen-bond acceptors (Lipinski definition) is 3. The van der Waals surface area contributed by atoms with E-state index in [9.17, 15) is 9.59 Å². The summed E-state index contributed by atoms with van der Waals surface area (Å²) in [6.45, 7) is 4.09. The molecule has 0 aliphatic heterocycles. The first-order valence-electron chi connectivity index (χ1n) is 10.6. The summed E-state index contributed by atoms with van der Waals surface area (Å²) in [7, 11) is 0. The molecule has 5 nitrogen and oxygen atoms in total. The van der Waals surface area contributed by atoms with Crippen LogP contribution < -0.4 is 11.0 Å². The summed E-state index contributed by atoms with van der Waals surface area (Å²) in [5.41, 5.74) is 6.36. The van der Waals surface area contributed by atoms with Gasteiger partial charge in [-0.2, -0.15) is 0 Å². The van der Waals surface area contributed by atoms with E-state index in [0.29, 0.717) is 35.3 Å². The van der Waals surface area contributed by atoms with Gasteiger partial charge < -0.3 is 0 Å². The van der Waals surface area contributed by atoms with Crippen LogP contribution in [-0.4, -0.2) is 15.8 Å². The first-order valence-corrected chi connectivity index (χ1v) is 10.6. The van der Waals surface area contributed by atoms with Gasteiger partial charge >= 0.3 is 0 Å². The fourth-order valence-corrected chi connectivity index (χ4v) is 5.07. The average Bonchev–Trinajstić information content (AvgIpc) is 3.34.